The number of carbonyl (C=O) groups excluding carboxylic acids is 1. The summed E-state index contributed by atoms with van der Waals surface area (Å²) in [5, 5.41) is 0. The second-order valence-corrected chi connectivity index (χ2v) is 6.57. The lowest BCUT2D eigenvalue weighted by Gasteiger charge is -2.13. The minimum absolute atomic E-state index is 0.169. The molecule has 0 unspecified atom stereocenters. The van der Waals surface area contributed by atoms with Crippen molar-refractivity contribution in [1.29, 1.82) is 0 Å². The van der Waals surface area contributed by atoms with Crippen molar-refractivity contribution in [3.05, 3.63) is 55.3 Å². The molecule has 0 fully saturated rings. The van der Waals surface area contributed by atoms with Gasteiger partial charge in [0.15, 0.2) is 0 Å². The smallest absolute Gasteiger partial charge is 0.203 e. The van der Waals surface area contributed by atoms with E-state index in [4.69, 9.17) is 0 Å². The van der Waals surface area contributed by atoms with Crippen molar-refractivity contribution >= 4 is 17.1 Å². The Labute approximate surface area is 119 Å². The Bertz CT molecular complexity index is 617. The molecule has 2 rings (SSSR count). The van der Waals surface area contributed by atoms with E-state index in [0.717, 1.165) is 21.6 Å². The summed E-state index contributed by atoms with van der Waals surface area (Å²) >= 11 is 1.60. The monoisotopic (exact) mass is 272 g/mol. The fraction of sp³-hybridized carbons (Fsp3) is 0.353. The largest absolute Gasteiger partial charge is 0.288 e. The predicted octanol–water partition coefficient (Wildman–Crippen LogP) is 4.83. The summed E-state index contributed by atoms with van der Waals surface area (Å²) in [6.07, 6.45) is 0. The summed E-state index contributed by atoms with van der Waals surface area (Å²) in [7, 11) is 0. The molecule has 0 aliphatic heterocycles. The number of rotatable bonds is 2. The first-order chi connectivity index (χ1) is 8.82. The summed E-state index contributed by atoms with van der Waals surface area (Å²) in [5.41, 5.74) is 6.69. The van der Waals surface area contributed by atoms with Gasteiger partial charge in [0.05, 0.1) is 4.88 Å². The fourth-order valence-corrected chi connectivity index (χ4v) is 3.35. The zero-order chi connectivity index (χ0) is 14.3. The maximum Gasteiger partial charge on any atom is 0.203 e. The summed E-state index contributed by atoms with van der Waals surface area (Å²) in [4.78, 5) is 14.8. The van der Waals surface area contributed by atoms with Gasteiger partial charge in [0, 0.05) is 10.4 Å². The van der Waals surface area contributed by atoms with Crippen molar-refractivity contribution < 1.29 is 4.79 Å². The molecule has 0 bridgehead atoms. The van der Waals surface area contributed by atoms with Gasteiger partial charge in [-0.3, -0.25) is 4.79 Å². The van der Waals surface area contributed by atoms with E-state index in [1.54, 1.807) is 11.3 Å². The molecule has 2 aromatic rings. The maximum absolute atomic E-state index is 12.8. The van der Waals surface area contributed by atoms with Crippen molar-refractivity contribution in [3.63, 3.8) is 0 Å². The van der Waals surface area contributed by atoms with Gasteiger partial charge in [-0.05, 0) is 75.4 Å². The molecule has 0 saturated heterocycles. The minimum Gasteiger partial charge on any atom is -0.288 e. The van der Waals surface area contributed by atoms with Crippen LogP contribution in [0.3, 0.4) is 0 Å². The molecule has 0 aliphatic rings. The highest BCUT2D eigenvalue weighted by atomic mass is 32.1. The molecule has 0 N–H and O–H groups in total. The third-order valence-corrected chi connectivity index (χ3v) is 5.13. The van der Waals surface area contributed by atoms with Crippen molar-refractivity contribution in [3.8, 4) is 0 Å². The number of hydrogen-bond acceptors (Lipinski definition) is 2. The van der Waals surface area contributed by atoms with Crippen LogP contribution in [0.2, 0.25) is 0 Å². The average Bonchev–Trinajstić information content (AvgIpc) is 2.67. The van der Waals surface area contributed by atoms with Gasteiger partial charge >= 0.3 is 0 Å². The second-order valence-electron chi connectivity index (χ2n) is 5.31. The van der Waals surface area contributed by atoms with Crippen LogP contribution in [0.1, 0.15) is 47.9 Å². The number of carbonyl (C=O) groups is 1. The Morgan fingerprint density at radius 2 is 1.37 bits per heavy atom. The van der Waals surface area contributed by atoms with Crippen LogP contribution < -0.4 is 0 Å². The van der Waals surface area contributed by atoms with E-state index in [0.29, 0.717) is 0 Å². The van der Waals surface area contributed by atoms with Crippen LogP contribution in [-0.2, 0) is 0 Å². The third kappa shape index (κ3) is 2.37. The molecule has 0 atom stereocenters. The molecule has 0 amide bonds. The number of benzene rings is 1. The normalized spacial score (nSPS) is 10.8. The standard InChI is InChI=1S/C17H20OS/c1-9-7-10(2)13(5)16(12(9)4)17(18)15-8-11(3)14(6)19-15/h7-8H,1-6H3. The number of thiophene rings is 1. The van der Waals surface area contributed by atoms with Gasteiger partial charge in [0.25, 0.3) is 0 Å². The van der Waals surface area contributed by atoms with Crippen LogP contribution in [-0.4, -0.2) is 5.78 Å². The van der Waals surface area contributed by atoms with Crippen LogP contribution in [0, 0.1) is 41.5 Å². The molecule has 0 spiro atoms. The Hall–Kier alpha value is -1.41. The molecule has 100 valence electrons. The van der Waals surface area contributed by atoms with Crippen LogP contribution in [0.25, 0.3) is 0 Å². The molecule has 1 aromatic carbocycles. The van der Waals surface area contributed by atoms with Crippen LogP contribution in [0.15, 0.2) is 12.1 Å². The minimum atomic E-state index is 0.169. The SMILES string of the molecule is Cc1cc(C(=O)c2c(C)c(C)cc(C)c2C)sc1C. The lowest BCUT2D eigenvalue weighted by molar-refractivity contribution is 0.104. The zero-order valence-electron chi connectivity index (χ0n) is 12.5. The van der Waals surface area contributed by atoms with Gasteiger partial charge in [-0.15, -0.1) is 11.3 Å². The summed E-state index contributed by atoms with van der Waals surface area (Å²) in [6, 6.07) is 4.17. The molecule has 0 radical (unpaired) electrons. The molecule has 1 nitrogen and oxygen atoms in total. The van der Waals surface area contributed by atoms with E-state index in [2.05, 4.69) is 33.8 Å². The van der Waals surface area contributed by atoms with Crippen LogP contribution >= 0.6 is 11.3 Å². The van der Waals surface area contributed by atoms with Gasteiger partial charge in [0.2, 0.25) is 5.78 Å². The molecule has 0 aliphatic carbocycles. The first kappa shape index (κ1) is 14.0. The molecular formula is C17H20OS. The topological polar surface area (TPSA) is 17.1 Å². The maximum atomic E-state index is 12.8. The molecular weight excluding hydrogens is 252 g/mol. The van der Waals surface area contributed by atoms with E-state index in [1.165, 1.54) is 21.6 Å². The van der Waals surface area contributed by atoms with Gasteiger partial charge in [-0.2, -0.15) is 0 Å². The lowest BCUT2D eigenvalue weighted by atomic mass is 9.91. The Morgan fingerprint density at radius 1 is 0.842 bits per heavy atom. The first-order valence-electron chi connectivity index (χ1n) is 6.52. The van der Waals surface area contributed by atoms with Crippen molar-refractivity contribution in [2.24, 2.45) is 0 Å². The molecule has 2 heteroatoms. The van der Waals surface area contributed by atoms with Gasteiger partial charge in [0.1, 0.15) is 0 Å². The fourth-order valence-electron chi connectivity index (χ4n) is 2.37. The van der Waals surface area contributed by atoms with Crippen LogP contribution in [0.4, 0.5) is 0 Å². The predicted molar refractivity (Wildman–Crippen MR) is 82.6 cm³/mol. The highest BCUT2D eigenvalue weighted by Crippen LogP contribution is 2.28. The Balaban J connectivity index is 2.62. The third-order valence-electron chi connectivity index (χ3n) is 3.98. The highest BCUT2D eigenvalue weighted by molar-refractivity contribution is 7.14. The number of hydrogen-bond donors (Lipinski definition) is 0. The molecule has 0 saturated carbocycles. The summed E-state index contributed by atoms with van der Waals surface area (Å²) < 4.78 is 0. The number of aryl methyl sites for hydroxylation is 4. The van der Waals surface area contributed by atoms with Gasteiger partial charge in [-0.1, -0.05) is 6.07 Å². The second kappa shape index (κ2) is 4.93. The van der Waals surface area contributed by atoms with Crippen molar-refractivity contribution in [2.45, 2.75) is 41.5 Å². The molecule has 1 aromatic heterocycles. The highest BCUT2D eigenvalue weighted by Gasteiger charge is 2.19. The molecule has 1 heterocycles. The van der Waals surface area contributed by atoms with E-state index >= 15 is 0 Å². The van der Waals surface area contributed by atoms with Crippen LogP contribution in [0.5, 0.6) is 0 Å². The van der Waals surface area contributed by atoms with Gasteiger partial charge in [-0.25, -0.2) is 0 Å². The Morgan fingerprint density at radius 3 is 1.79 bits per heavy atom. The summed E-state index contributed by atoms with van der Waals surface area (Å²) in [6.45, 7) is 12.4. The summed E-state index contributed by atoms with van der Waals surface area (Å²) in [5.74, 6) is 0.169. The van der Waals surface area contributed by atoms with E-state index in [-0.39, 0.29) is 5.78 Å². The van der Waals surface area contributed by atoms with Crippen molar-refractivity contribution in [2.75, 3.05) is 0 Å². The van der Waals surface area contributed by atoms with Crippen molar-refractivity contribution in [1.82, 2.24) is 0 Å². The number of ketones is 1. The first-order valence-corrected chi connectivity index (χ1v) is 7.33. The van der Waals surface area contributed by atoms with E-state index < -0.39 is 0 Å². The zero-order valence-corrected chi connectivity index (χ0v) is 13.3. The van der Waals surface area contributed by atoms with E-state index in [1.807, 2.05) is 19.9 Å². The lowest BCUT2D eigenvalue weighted by Crippen LogP contribution is -2.07. The average molecular weight is 272 g/mol. The quantitative estimate of drug-likeness (QED) is 0.716. The Kier molecular flexibility index (Phi) is 3.64. The molecule has 19 heavy (non-hydrogen) atoms. The van der Waals surface area contributed by atoms with Gasteiger partial charge < -0.3 is 0 Å². The van der Waals surface area contributed by atoms with E-state index in [9.17, 15) is 4.79 Å².